The Kier molecular flexibility index (Phi) is 20.9. The second kappa shape index (κ2) is 27.5. The second-order valence-electron chi connectivity index (χ2n) is 22.8. The van der Waals surface area contributed by atoms with Gasteiger partial charge in [0.2, 0.25) is 17.7 Å². The highest BCUT2D eigenvalue weighted by Crippen LogP contribution is 2.38. The highest BCUT2D eigenvalue weighted by atomic mass is 35.5. The molecule has 0 unspecified atom stereocenters. The number of halogens is 3. The van der Waals surface area contributed by atoms with Crippen LogP contribution in [-0.2, 0) is 44.0 Å². The van der Waals surface area contributed by atoms with Crippen LogP contribution in [0.3, 0.4) is 0 Å². The Hall–Kier alpha value is -6.45. The van der Waals surface area contributed by atoms with Gasteiger partial charge in [-0.25, -0.2) is 46.7 Å². The van der Waals surface area contributed by atoms with Gasteiger partial charge in [-0.05, 0) is 201 Å². The normalized spacial score (nSPS) is 19.0. The van der Waals surface area contributed by atoms with Crippen LogP contribution in [0.5, 0.6) is 11.8 Å². The van der Waals surface area contributed by atoms with Gasteiger partial charge < -0.3 is 30.3 Å². The van der Waals surface area contributed by atoms with Gasteiger partial charge >= 0.3 is 6.08 Å². The Morgan fingerprint density at radius 3 is 1.46 bits per heavy atom. The van der Waals surface area contributed by atoms with Gasteiger partial charge in [-0.3, -0.25) is 0 Å². The topological polar surface area (TPSA) is 209 Å². The van der Waals surface area contributed by atoms with Crippen molar-refractivity contribution < 1.29 is 30.7 Å². The van der Waals surface area contributed by atoms with E-state index < -0.39 is 25.8 Å². The fourth-order valence-electron chi connectivity index (χ4n) is 10.9. The van der Waals surface area contributed by atoms with E-state index in [-0.39, 0.29) is 42.8 Å². The van der Waals surface area contributed by atoms with Crippen LogP contribution >= 0.6 is 23.2 Å². The molecule has 452 valence electrons. The molecule has 21 heteroatoms. The molecule has 0 radical (unpaired) electrons. The van der Waals surface area contributed by atoms with Crippen LogP contribution in [0.25, 0.3) is 44.1 Å². The third-order valence-electron chi connectivity index (χ3n) is 16.8. The average Bonchev–Trinajstić information content (AvgIpc) is 2.09. The smallest absolute Gasteiger partial charge is 0.309 e. The molecular weight excluding hydrogens is 1160 g/mol. The molecule has 0 spiro atoms. The van der Waals surface area contributed by atoms with E-state index in [0.717, 1.165) is 70.8 Å². The molecule has 2 fully saturated rings. The summed E-state index contributed by atoms with van der Waals surface area (Å²) in [4.78, 5) is 30.9. The minimum Gasteiger partial charge on any atom is -0.481 e. The molecule has 0 aliphatic heterocycles. The van der Waals surface area contributed by atoms with Crippen molar-refractivity contribution in [2.45, 2.75) is 136 Å². The number of nitrogens with two attached hydrogens (primary N) is 1. The number of sulfone groups is 2. The Labute approximate surface area is 510 Å². The van der Waals surface area contributed by atoms with E-state index in [2.05, 4.69) is 95.1 Å². The summed E-state index contributed by atoms with van der Waals surface area (Å²) in [5, 5.41) is 5.54. The highest BCUT2D eigenvalue weighted by molar-refractivity contribution is 7.91. The van der Waals surface area contributed by atoms with Crippen molar-refractivity contribution in [3.05, 3.63) is 148 Å². The first-order valence-corrected chi connectivity index (χ1v) is 32.6. The predicted octanol–water partition coefficient (Wildman–Crippen LogP) is 12.8. The third-order valence-corrected chi connectivity index (χ3v) is 21.1. The summed E-state index contributed by atoms with van der Waals surface area (Å²) in [6, 6.07) is 28.4. The molecule has 3 N–H and O–H groups in total. The summed E-state index contributed by atoms with van der Waals surface area (Å²) in [7, 11) is 4.28. The lowest BCUT2D eigenvalue weighted by molar-refractivity contribution is 0.113. The zero-order valence-corrected chi connectivity index (χ0v) is 53.2. The third kappa shape index (κ3) is 15.4. The van der Waals surface area contributed by atoms with Gasteiger partial charge in [0, 0.05) is 57.5 Å². The number of hydrogen-bond donors (Lipinski definition) is 2. The lowest BCUT2D eigenvalue weighted by atomic mass is 9.80. The van der Waals surface area contributed by atoms with Gasteiger partial charge in [0.15, 0.2) is 19.7 Å². The van der Waals surface area contributed by atoms with Crippen molar-refractivity contribution in [3.8, 4) is 34.0 Å². The van der Waals surface area contributed by atoms with Crippen molar-refractivity contribution in [2.75, 3.05) is 47.7 Å². The molecule has 8 aromatic rings. The van der Waals surface area contributed by atoms with Crippen LogP contribution in [0.15, 0.2) is 119 Å². The fraction of sp³-hybridized carbons (Fsp3) is 0.406. The monoisotopic (exact) mass is 1230 g/mol. The molecule has 0 bridgehead atoms. The number of hydrogen-bond acceptors (Lipinski definition) is 16. The molecule has 2 aliphatic carbocycles. The average molecular weight is 1240 g/mol. The van der Waals surface area contributed by atoms with Crippen LogP contribution in [0.4, 0.5) is 10.3 Å². The summed E-state index contributed by atoms with van der Waals surface area (Å²) < 4.78 is 76.3. The van der Waals surface area contributed by atoms with Gasteiger partial charge in [0.05, 0.1) is 68.0 Å². The van der Waals surface area contributed by atoms with Crippen LogP contribution in [0.1, 0.15) is 102 Å². The molecule has 85 heavy (non-hydrogen) atoms. The number of benzene rings is 4. The second-order valence-corrected chi connectivity index (χ2v) is 27.6. The molecule has 4 heterocycles. The van der Waals surface area contributed by atoms with Gasteiger partial charge in [-0.1, -0.05) is 61.3 Å². The first kappa shape index (κ1) is 64.5. The Bertz CT molecular complexity index is 3900. The molecule has 10 rings (SSSR count). The molecule has 0 amide bonds. The van der Waals surface area contributed by atoms with Gasteiger partial charge in [-0.15, -0.1) is 0 Å². The van der Waals surface area contributed by atoms with Crippen molar-refractivity contribution in [1.29, 1.82) is 0 Å². The summed E-state index contributed by atoms with van der Waals surface area (Å²) in [6.45, 7) is 8.73. The molecule has 16 nitrogen and oxygen atoms in total. The van der Waals surface area contributed by atoms with E-state index in [4.69, 9.17) is 43.4 Å². The molecule has 2 saturated carbocycles. The Balaban J connectivity index is 0.000000192. The summed E-state index contributed by atoms with van der Waals surface area (Å²) >= 11 is 12.2. The highest BCUT2D eigenvalue weighted by Gasteiger charge is 2.34. The van der Waals surface area contributed by atoms with Crippen LogP contribution in [0, 0.1) is 6.08 Å². The van der Waals surface area contributed by atoms with Crippen molar-refractivity contribution >= 4 is 70.6 Å². The molecule has 4 aromatic carbocycles. The van der Waals surface area contributed by atoms with Crippen molar-refractivity contribution in [2.24, 2.45) is 5.73 Å². The Morgan fingerprint density at radius 1 is 0.612 bits per heavy atom. The zero-order chi connectivity index (χ0) is 61.4. The quantitative estimate of drug-likeness (QED) is 0.0862. The maximum Gasteiger partial charge on any atom is 0.309 e. The van der Waals surface area contributed by atoms with E-state index in [1.165, 1.54) is 64.3 Å². The van der Waals surface area contributed by atoms with Crippen LogP contribution in [-0.4, -0.2) is 122 Å². The van der Waals surface area contributed by atoms with Crippen LogP contribution in [0.2, 0.25) is 10.0 Å². The first-order chi connectivity index (χ1) is 40.4. The van der Waals surface area contributed by atoms with E-state index in [1.807, 2.05) is 37.4 Å². The largest absolute Gasteiger partial charge is 0.481 e. The number of ether oxygens (including phenoxy) is 2. The van der Waals surface area contributed by atoms with Gasteiger partial charge in [0.25, 0.3) is 0 Å². The van der Waals surface area contributed by atoms with E-state index in [9.17, 15) is 21.2 Å². The maximum atomic E-state index is 13.5. The zero-order valence-electron chi connectivity index (χ0n) is 50.1. The van der Waals surface area contributed by atoms with Crippen LogP contribution < -0.4 is 20.5 Å². The van der Waals surface area contributed by atoms with Gasteiger partial charge in [0.1, 0.15) is 0 Å². The van der Waals surface area contributed by atoms with Crippen molar-refractivity contribution in [1.82, 2.24) is 39.7 Å². The number of aryl methyl sites for hydroxylation is 2. The number of methoxy groups -OCH3 is 2. The number of fused-ring (bicyclic) bond motifs is 2. The SMILES string of the molecule is CCc1cc(-c2ccc(CS(=O)(=O)c3ccccc3Cl)nc2OC)cc2cnc(F)nc12.CCc1cc(-c2ccc(CS(=O)(=O)c3ccccc3Cl)nc2OC)cc2cnc(NC3CCC(C)(N(C)C)CC3)nc12.CN(C)C1(C)CCC(N)CC1. The number of aromatic nitrogens is 6. The van der Waals surface area contributed by atoms with E-state index >= 15 is 0 Å². The lowest BCUT2D eigenvalue weighted by Crippen LogP contribution is -2.46. The number of anilines is 1. The van der Waals surface area contributed by atoms with Gasteiger partial charge in [-0.2, -0.15) is 4.39 Å². The van der Waals surface area contributed by atoms with Crippen molar-refractivity contribution in [3.63, 3.8) is 0 Å². The number of nitrogens with zero attached hydrogens (tertiary/aromatic N) is 8. The number of rotatable bonds is 16. The molecular formula is C64H77Cl2FN10O6S2. The maximum absolute atomic E-state index is 13.5. The predicted molar refractivity (Wildman–Crippen MR) is 339 cm³/mol. The van der Waals surface area contributed by atoms with E-state index in [1.54, 1.807) is 48.5 Å². The first-order valence-electron chi connectivity index (χ1n) is 28.5. The molecule has 0 atom stereocenters. The summed E-state index contributed by atoms with van der Waals surface area (Å²) in [6.07, 6.45) is 13.3. The standard InChI is InChI=1S/C32H38ClN5O3S.C23H19ClFN3O3S.C9H20N2/c1-6-21-17-22(18-23-19-34-31(37-29(21)23)36-24-13-15-32(2,16-14-24)38(3)4)26-12-11-25(35-30(26)41-5)20-42(39,40)28-10-8-7-9-27(28)33;1-3-14-10-15(11-16-12-26-23(25)28-21(14)16)18-9-8-17(27-22(18)31-2)13-32(29,30)20-7-5-4-6-19(20)24;1-9(11(2)3)6-4-8(10)5-7-9/h7-12,17-19,24H,6,13-16,20H2,1-5H3,(H,34,36,37);4-12H,3,13H2,1-2H3;8H,4-7,10H2,1-3H3. The molecule has 4 aromatic heterocycles. The van der Waals surface area contributed by atoms with E-state index in [0.29, 0.717) is 63.7 Å². The fourth-order valence-corrected chi connectivity index (χ4v) is 14.6. The minimum absolute atomic E-state index is 0.0564. The summed E-state index contributed by atoms with van der Waals surface area (Å²) in [5.74, 6) is 0.681. The summed E-state index contributed by atoms with van der Waals surface area (Å²) in [5.41, 5.74) is 13.7. The number of pyridine rings is 2. The Morgan fingerprint density at radius 2 is 1.04 bits per heavy atom. The minimum atomic E-state index is -3.69. The lowest BCUT2D eigenvalue weighted by Gasteiger charge is -2.42. The molecule has 0 saturated heterocycles. The molecule has 2 aliphatic rings. The number of nitrogens with one attached hydrogen (secondary N) is 1.